The third-order valence-corrected chi connectivity index (χ3v) is 2.78. The lowest BCUT2D eigenvalue weighted by Crippen LogP contribution is -2.08. The van der Waals surface area contributed by atoms with Crippen LogP contribution in [0.3, 0.4) is 0 Å². The molecule has 0 aliphatic rings. The molecular formula is C10H14N4S. The highest BCUT2D eigenvalue weighted by molar-refractivity contribution is 7.07. The van der Waals surface area contributed by atoms with Crippen molar-refractivity contribution in [1.29, 1.82) is 0 Å². The molecule has 15 heavy (non-hydrogen) atoms. The van der Waals surface area contributed by atoms with Crippen molar-refractivity contribution in [2.75, 3.05) is 11.9 Å². The van der Waals surface area contributed by atoms with Crippen LogP contribution in [0.25, 0.3) is 0 Å². The van der Waals surface area contributed by atoms with Crippen LogP contribution < -0.4 is 5.32 Å². The molecule has 0 bridgehead atoms. The van der Waals surface area contributed by atoms with Crippen molar-refractivity contribution in [3.63, 3.8) is 0 Å². The van der Waals surface area contributed by atoms with Gasteiger partial charge in [0.15, 0.2) is 0 Å². The summed E-state index contributed by atoms with van der Waals surface area (Å²) in [6.45, 7) is 3.89. The molecule has 0 amide bonds. The van der Waals surface area contributed by atoms with Crippen LogP contribution in [0.15, 0.2) is 23.3 Å². The third kappa shape index (κ3) is 2.56. The van der Waals surface area contributed by atoms with Gasteiger partial charge in [-0.25, -0.2) is 9.97 Å². The van der Waals surface area contributed by atoms with E-state index in [2.05, 4.69) is 32.2 Å². The Morgan fingerprint density at radius 3 is 3.13 bits per heavy atom. The molecule has 2 rings (SSSR count). The summed E-state index contributed by atoms with van der Waals surface area (Å²) in [7, 11) is 0. The molecule has 0 spiro atoms. The van der Waals surface area contributed by atoms with E-state index in [1.54, 1.807) is 11.3 Å². The van der Waals surface area contributed by atoms with Gasteiger partial charge < -0.3 is 9.88 Å². The molecule has 1 N–H and O–H groups in total. The normalized spacial score (nSPS) is 10.5. The van der Waals surface area contributed by atoms with Crippen molar-refractivity contribution >= 4 is 17.3 Å². The molecule has 0 aromatic carbocycles. The summed E-state index contributed by atoms with van der Waals surface area (Å²) in [5, 5.41) is 5.31. The second-order valence-electron chi connectivity index (χ2n) is 3.20. The maximum atomic E-state index is 4.26. The topological polar surface area (TPSA) is 42.7 Å². The molecule has 0 radical (unpaired) electrons. The van der Waals surface area contributed by atoms with Gasteiger partial charge in [-0.3, -0.25) is 0 Å². The quantitative estimate of drug-likeness (QED) is 0.841. The Morgan fingerprint density at radius 2 is 2.40 bits per heavy atom. The molecule has 0 unspecified atom stereocenters. The third-order valence-electron chi connectivity index (χ3n) is 2.14. The van der Waals surface area contributed by atoms with Gasteiger partial charge in [0.25, 0.3) is 0 Å². The minimum atomic E-state index is 0.897. The lowest BCUT2D eigenvalue weighted by molar-refractivity contribution is 0.692. The molecule has 0 saturated carbocycles. The average molecular weight is 222 g/mol. The van der Waals surface area contributed by atoms with Gasteiger partial charge in [0.1, 0.15) is 0 Å². The summed E-state index contributed by atoms with van der Waals surface area (Å²) < 4.78 is 2.11. The van der Waals surface area contributed by atoms with Gasteiger partial charge in [0, 0.05) is 37.3 Å². The van der Waals surface area contributed by atoms with Crippen LogP contribution in [0.2, 0.25) is 0 Å². The fraction of sp³-hybridized carbons (Fsp3) is 0.400. The first-order chi connectivity index (χ1) is 7.40. The average Bonchev–Trinajstić information content (AvgIpc) is 2.85. The summed E-state index contributed by atoms with van der Waals surface area (Å²) in [4.78, 5) is 8.50. The van der Waals surface area contributed by atoms with Crippen LogP contribution >= 0.6 is 11.3 Å². The van der Waals surface area contributed by atoms with E-state index in [9.17, 15) is 0 Å². The zero-order valence-corrected chi connectivity index (χ0v) is 9.50. The minimum absolute atomic E-state index is 0.897. The first kappa shape index (κ1) is 10.2. The van der Waals surface area contributed by atoms with Crippen molar-refractivity contribution in [2.45, 2.75) is 19.9 Å². The Balaban J connectivity index is 1.95. The number of imidazole rings is 1. The van der Waals surface area contributed by atoms with Crippen LogP contribution in [0.4, 0.5) is 5.95 Å². The number of nitrogens with one attached hydrogen (secondary N) is 1. The molecule has 0 saturated heterocycles. The lowest BCUT2D eigenvalue weighted by atomic mass is 10.3. The van der Waals surface area contributed by atoms with E-state index in [0.29, 0.717) is 0 Å². The molecule has 4 nitrogen and oxygen atoms in total. The van der Waals surface area contributed by atoms with Crippen molar-refractivity contribution in [2.24, 2.45) is 0 Å². The molecular weight excluding hydrogens is 208 g/mol. The maximum absolute atomic E-state index is 4.26. The summed E-state index contributed by atoms with van der Waals surface area (Å²) in [5.41, 5.74) is 3.02. The van der Waals surface area contributed by atoms with Crippen LogP contribution in [-0.2, 0) is 13.0 Å². The fourth-order valence-electron chi connectivity index (χ4n) is 1.41. The monoisotopic (exact) mass is 222 g/mol. The van der Waals surface area contributed by atoms with Crippen LogP contribution in [0.5, 0.6) is 0 Å². The van der Waals surface area contributed by atoms with Crippen LogP contribution in [-0.4, -0.2) is 21.1 Å². The SMILES string of the molecule is CCNc1nccn1CCc1cscn1. The molecule has 2 aromatic heterocycles. The largest absolute Gasteiger partial charge is 0.356 e. The number of aromatic nitrogens is 3. The van der Waals surface area contributed by atoms with E-state index in [1.807, 2.05) is 17.9 Å². The molecule has 0 fully saturated rings. The summed E-state index contributed by atoms with van der Waals surface area (Å²) in [6, 6.07) is 0. The minimum Gasteiger partial charge on any atom is -0.356 e. The number of aryl methyl sites for hydroxylation is 2. The van der Waals surface area contributed by atoms with Gasteiger partial charge in [0.2, 0.25) is 5.95 Å². The Labute approximate surface area is 93.0 Å². The van der Waals surface area contributed by atoms with Gasteiger partial charge in [-0.2, -0.15) is 0 Å². The van der Waals surface area contributed by atoms with Crippen molar-refractivity contribution in [3.8, 4) is 0 Å². The molecule has 80 valence electrons. The highest BCUT2D eigenvalue weighted by atomic mass is 32.1. The molecule has 2 aromatic rings. The van der Waals surface area contributed by atoms with Gasteiger partial charge in [-0.05, 0) is 6.92 Å². The molecule has 5 heteroatoms. The first-order valence-electron chi connectivity index (χ1n) is 5.02. The Kier molecular flexibility index (Phi) is 3.34. The van der Waals surface area contributed by atoms with E-state index in [-0.39, 0.29) is 0 Å². The lowest BCUT2D eigenvalue weighted by Gasteiger charge is -2.06. The van der Waals surface area contributed by atoms with Gasteiger partial charge in [0.05, 0.1) is 11.2 Å². The van der Waals surface area contributed by atoms with E-state index in [4.69, 9.17) is 0 Å². The number of rotatable bonds is 5. The van der Waals surface area contributed by atoms with E-state index < -0.39 is 0 Å². The predicted molar refractivity (Wildman–Crippen MR) is 62.2 cm³/mol. The smallest absolute Gasteiger partial charge is 0.202 e. The standard InChI is InChI=1S/C10H14N4S/c1-2-11-10-12-4-6-14(10)5-3-9-7-15-8-13-9/h4,6-8H,2-3,5H2,1H3,(H,11,12). The predicted octanol–water partition coefficient (Wildman–Crippen LogP) is 2.01. The summed E-state index contributed by atoms with van der Waals surface area (Å²) in [5.74, 6) is 0.938. The van der Waals surface area contributed by atoms with Crippen LogP contribution in [0.1, 0.15) is 12.6 Å². The Hall–Kier alpha value is -1.36. The zero-order chi connectivity index (χ0) is 10.5. The van der Waals surface area contributed by atoms with E-state index in [1.165, 1.54) is 0 Å². The van der Waals surface area contributed by atoms with E-state index in [0.717, 1.165) is 31.2 Å². The van der Waals surface area contributed by atoms with Crippen molar-refractivity contribution < 1.29 is 0 Å². The first-order valence-corrected chi connectivity index (χ1v) is 5.96. The molecule has 0 aliphatic heterocycles. The fourth-order valence-corrected chi connectivity index (χ4v) is 2.00. The van der Waals surface area contributed by atoms with Gasteiger partial charge in [-0.15, -0.1) is 11.3 Å². The number of hydrogen-bond acceptors (Lipinski definition) is 4. The Bertz CT molecular complexity index is 393. The number of thiazole rings is 1. The molecule has 2 heterocycles. The highest BCUT2D eigenvalue weighted by Gasteiger charge is 2.01. The summed E-state index contributed by atoms with van der Waals surface area (Å²) in [6.07, 6.45) is 4.77. The molecule has 0 aliphatic carbocycles. The second-order valence-corrected chi connectivity index (χ2v) is 3.92. The van der Waals surface area contributed by atoms with E-state index >= 15 is 0 Å². The molecule has 0 atom stereocenters. The Morgan fingerprint density at radius 1 is 1.47 bits per heavy atom. The zero-order valence-electron chi connectivity index (χ0n) is 8.68. The van der Waals surface area contributed by atoms with Crippen molar-refractivity contribution in [1.82, 2.24) is 14.5 Å². The number of hydrogen-bond donors (Lipinski definition) is 1. The highest BCUT2D eigenvalue weighted by Crippen LogP contribution is 2.07. The van der Waals surface area contributed by atoms with Crippen molar-refractivity contribution in [3.05, 3.63) is 29.0 Å². The number of anilines is 1. The maximum Gasteiger partial charge on any atom is 0.202 e. The second kappa shape index (κ2) is 4.93. The van der Waals surface area contributed by atoms with Gasteiger partial charge >= 0.3 is 0 Å². The van der Waals surface area contributed by atoms with Crippen LogP contribution in [0, 0.1) is 0 Å². The number of nitrogens with zero attached hydrogens (tertiary/aromatic N) is 3. The van der Waals surface area contributed by atoms with Gasteiger partial charge in [-0.1, -0.05) is 0 Å². The summed E-state index contributed by atoms with van der Waals surface area (Å²) >= 11 is 1.64.